The molecule has 3 aromatic carbocycles. The minimum absolute atomic E-state index is 0.0114. The molecule has 0 saturated heterocycles. The molecule has 268 valence electrons. The summed E-state index contributed by atoms with van der Waals surface area (Å²) in [5, 5.41) is 11.0. The van der Waals surface area contributed by atoms with Crippen LogP contribution in [0.15, 0.2) is 57.2 Å². The Hall–Kier alpha value is -2.09. The average Bonchev–Trinajstić information content (AvgIpc) is 2.86. The summed E-state index contributed by atoms with van der Waals surface area (Å²) in [4.78, 5) is 14.8. The number of nitrogen functional groups attached to an aromatic ring is 1. The molecule has 3 aliphatic rings. The fourth-order valence-electron chi connectivity index (χ4n) is 8.54. The smallest absolute Gasteiger partial charge is 0.272 e. The Morgan fingerprint density at radius 3 is 1.41 bits per heavy atom. The molecule has 4 nitrogen and oxygen atoms in total. The highest BCUT2D eigenvalue weighted by atomic mass is 32.2. The molecule has 0 bridgehead atoms. The summed E-state index contributed by atoms with van der Waals surface area (Å²) in [5.74, 6) is 0. The lowest BCUT2D eigenvalue weighted by atomic mass is 9.76. The largest absolute Gasteiger partial charge is 0.399 e. The normalized spacial score (nSPS) is 21.3. The Kier molecular flexibility index (Phi) is 10.9. The van der Waals surface area contributed by atoms with Crippen molar-refractivity contribution in [2.24, 2.45) is 0 Å². The lowest BCUT2D eigenvalue weighted by Crippen LogP contribution is -2.33. The highest BCUT2D eigenvalue weighted by Crippen LogP contribution is 2.54. The molecule has 0 unspecified atom stereocenters. The maximum atomic E-state index is 11.0. The van der Waals surface area contributed by atoms with E-state index >= 15 is 0 Å². The van der Waals surface area contributed by atoms with Crippen molar-refractivity contribution in [3.05, 3.63) is 86.0 Å². The molecule has 0 fully saturated rings. The number of hydrogen-bond acceptors (Lipinski definition) is 6. The van der Waals surface area contributed by atoms with E-state index in [0.717, 1.165) is 23.2 Å². The third-order valence-electron chi connectivity index (χ3n) is 9.95. The van der Waals surface area contributed by atoms with Crippen molar-refractivity contribution in [1.29, 1.82) is 0 Å². The van der Waals surface area contributed by atoms with Crippen LogP contribution in [0.25, 0.3) is 0 Å². The highest BCUT2D eigenvalue weighted by molar-refractivity contribution is 8.01. The number of benzene rings is 3. The zero-order valence-corrected chi connectivity index (χ0v) is 35.2. The van der Waals surface area contributed by atoms with Gasteiger partial charge in [0, 0.05) is 46.2 Å². The third kappa shape index (κ3) is 9.23. The van der Waals surface area contributed by atoms with Crippen LogP contribution in [0.1, 0.15) is 136 Å². The number of thioether (sulfide) groups is 3. The van der Waals surface area contributed by atoms with Crippen LogP contribution in [0, 0.1) is 30.9 Å². The molecule has 6 rings (SSSR count). The van der Waals surface area contributed by atoms with Crippen LogP contribution in [0.3, 0.4) is 0 Å². The Labute approximate surface area is 310 Å². The molecule has 3 aromatic rings. The van der Waals surface area contributed by atoms with E-state index in [1.165, 1.54) is 49.8 Å². The van der Waals surface area contributed by atoms with Gasteiger partial charge in [-0.05, 0) is 108 Å². The van der Waals surface area contributed by atoms with Crippen molar-refractivity contribution in [2.75, 3.05) is 5.73 Å². The first-order chi connectivity index (χ1) is 22.1. The maximum Gasteiger partial charge on any atom is 0.272 e. The summed E-state index contributed by atoms with van der Waals surface area (Å²) in [5.41, 5.74) is 15.1. The van der Waals surface area contributed by atoms with E-state index in [2.05, 4.69) is 127 Å². The van der Waals surface area contributed by atoms with Crippen molar-refractivity contribution >= 4 is 46.7 Å². The van der Waals surface area contributed by atoms with Gasteiger partial charge in [0.15, 0.2) is 0 Å². The van der Waals surface area contributed by atoms with E-state index in [1.54, 1.807) is 6.07 Å². The second kappa shape index (κ2) is 13.5. The van der Waals surface area contributed by atoms with Gasteiger partial charge in [0.2, 0.25) is 0 Å². The fourth-order valence-corrected chi connectivity index (χ4v) is 13.7. The van der Waals surface area contributed by atoms with Crippen LogP contribution in [-0.4, -0.2) is 19.2 Å². The van der Waals surface area contributed by atoms with Crippen molar-refractivity contribution in [2.45, 2.75) is 168 Å². The Balaban J connectivity index is 0.000000166. The second-order valence-electron chi connectivity index (χ2n) is 18.4. The van der Waals surface area contributed by atoms with Crippen molar-refractivity contribution in [3.8, 4) is 0 Å². The Morgan fingerprint density at radius 2 is 0.959 bits per heavy atom. The number of rotatable bonds is 1. The molecule has 0 aliphatic carbocycles. The van der Waals surface area contributed by atoms with Gasteiger partial charge in [0.05, 0.1) is 4.92 Å². The summed E-state index contributed by atoms with van der Waals surface area (Å²) in [6, 6.07) is 15.0. The van der Waals surface area contributed by atoms with Crippen LogP contribution in [0.5, 0.6) is 0 Å². The zero-order valence-electron chi connectivity index (χ0n) is 32.7. The molecule has 7 heteroatoms. The number of anilines is 1. The molecule has 0 spiro atoms. The first kappa shape index (κ1) is 39.7. The van der Waals surface area contributed by atoms with Crippen LogP contribution < -0.4 is 5.73 Å². The van der Waals surface area contributed by atoms with Gasteiger partial charge in [-0.2, -0.15) is 0 Å². The molecule has 3 heterocycles. The summed E-state index contributed by atoms with van der Waals surface area (Å²) in [7, 11) is 0. The summed E-state index contributed by atoms with van der Waals surface area (Å²) >= 11 is 5.84. The number of nitro benzene ring substituents is 1. The van der Waals surface area contributed by atoms with Gasteiger partial charge in [-0.25, -0.2) is 0 Å². The van der Waals surface area contributed by atoms with E-state index in [9.17, 15) is 10.1 Å². The van der Waals surface area contributed by atoms with E-state index in [1.807, 2.05) is 48.3 Å². The number of nitrogens with two attached hydrogens (primary N) is 1. The Morgan fingerprint density at radius 1 is 0.571 bits per heavy atom. The number of nitro groups is 1. The minimum atomic E-state index is -0.282. The van der Waals surface area contributed by atoms with Crippen molar-refractivity contribution < 1.29 is 4.92 Å². The van der Waals surface area contributed by atoms with E-state index < -0.39 is 0 Å². The second-order valence-corrected chi connectivity index (χ2v) is 23.6. The molecular weight excluding hydrogens is 661 g/mol. The predicted molar refractivity (Wildman–Crippen MR) is 217 cm³/mol. The number of hydrogen-bond donors (Lipinski definition) is 1. The fraction of sp³-hybridized carbons (Fsp3) is 0.571. The van der Waals surface area contributed by atoms with Crippen LogP contribution >= 0.6 is 35.3 Å². The van der Waals surface area contributed by atoms with Gasteiger partial charge in [-0.3, -0.25) is 10.1 Å². The topological polar surface area (TPSA) is 69.2 Å². The monoisotopic (exact) mass is 720 g/mol. The number of aryl methyl sites for hydroxylation is 3. The molecule has 0 atom stereocenters. The predicted octanol–water partition coefficient (Wildman–Crippen LogP) is 13.1. The quantitative estimate of drug-likeness (QED) is 0.153. The molecular formula is C42H60N2O2S3. The lowest BCUT2D eigenvalue weighted by molar-refractivity contribution is -0.385. The minimum Gasteiger partial charge on any atom is -0.399 e. The first-order valence-electron chi connectivity index (χ1n) is 17.5. The molecule has 3 aliphatic heterocycles. The van der Waals surface area contributed by atoms with Gasteiger partial charge in [-0.1, -0.05) is 95.2 Å². The molecule has 0 amide bonds. The van der Waals surface area contributed by atoms with Gasteiger partial charge >= 0.3 is 0 Å². The standard InChI is InChI=1S/C14H19NO2S.C14H21NS.C14H20S/c1-9-6-12-10(7-11(9)15(16)17)13(2,3)8-14(4,5)18-12;1-9-6-12-10(7-11(9)15)13(2,3)8-14(4,5)16-12;1-10-6-7-11-12(8-10)15-14(4,5)9-13(11,2)3/h6-7H,8H2,1-5H3;6-7H,8,15H2,1-5H3;6-8H,9H2,1-5H3. The van der Waals surface area contributed by atoms with E-state index in [4.69, 9.17) is 5.73 Å². The molecule has 0 saturated carbocycles. The van der Waals surface area contributed by atoms with Crippen LogP contribution in [0.4, 0.5) is 11.4 Å². The van der Waals surface area contributed by atoms with Crippen molar-refractivity contribution in [1.82, 2.24) is 0 Å². The first-order valence-corrected chi connectivity index (χ1v) is 20.0. The number of fused-ring (bicyclic) bond motifs is 3. The van der Waals surface area contributed by atoms with Gasteiger partial charge < -0.3 is 5.73 Å². The van der Waals surface area contributed by atoms with Gasteiger partial charge in [0.25, 0.3) is 5.69 Å². The Bertz CT molecular complexity index is 1750. The third-order valence-corrected chi connectivity index (χ3v) is 13.7. The van der Waals surface area contributed by atoms with Crippen LogP contribution in [-0.2, 0) is 16.2 Å². The van der Waals surface area contributed by atoms with E-state index in [-0.39, 0.29) is 26.2 Å². The van der Waals surface area contributed by atoms with Gasteiger partial charge in [0.1, 0.15) is 0 Å². The van der Waals surface area contributed by atoms with Crippen molar-refractivity contribution in [3.63, 3.8) is 0 Å². The molecule has 2 N–H and O–H groups in total. The van der Waals surface area contributed by atoms with Crippen LogP contribution in [0.2, 0.25) is 0 Å². The number of nitrogens with zero attached hydrogens (tertiary/aromatic N) is 1. The molecule has 49 heavy (non-hydrogen) atoms. The SMILES string of the molecule is Cc1cc2c(cc1N)C(C)(C)CC(C)(C)S2.Cc1cc2c(cc1[N+](=O)[O-])C(C)(C)CC(C)(C)S2.Cc1ccc2c(c1)SC(C)(C)CC2(C)C. The highest BCUT2D eigenvalue weighted by Gasteiger charge is 2.40. The average molecular weight is 721 g/mol. The summed E-state index contributed by atoms with van der Waals surface area (Å²) < 4.78 is 0.864. The lowest BCUT2D eigenvalue weighted by Gasteiger charge is -2.42. The van der Waals surface area contributed by atoms with Gasteiger partial charge in [-0.15, -0.1) is 35.3 Å². The molecule has 0 aromatic heterocycles. The summed E-state index contributed by atoms with van der Waals surface area (Å²) in [6.45, 7) is 33.6. The molecule has 0 radical (unpaired) electrons. The maximum absolute atomic E-state index is 11.0. The summed E-state index contributed by atoms with van der Waals surface area (Å²) in [6.07, 6.45) is 3.47. The zero-order chi connectivity index (χ0) is 37.1. The van der Waals surface area contributed by atoms with E-state index in [0.29, 0.717) is 14.9 Å².